The van der Waals surface area contributed by atoms with Crippen molar-refractivity contribution in [1.29, 1.82) is 0 Å². The lowest BCUT2D eigenvalue weighted by atomic mass is 10.1. The van der Waals surface area contributed by atoms with Crippen LogP contribution in [0.2, 0.25) is 10.0 Å². The van der Waals surface area contributed by atoms with Gasteiger partial charge in [0.15, 0.2) is 0 Å². The molecule has 102 valence electrons. The van der Waals surface area contributed by atoms with Crippen LogP contribution in [0.25, 0.3) is 0 Å². The minimum Gasteiger partial charge on any atom is -0.389 e. The first-order valence-electron chi connectivity index (χ1n) is 4.89. The lowest BCUT2D eigenvalue weighted by molar-refractivity contribution is 0.0857. The van der Waals surface area contributed by atoms with Gasteiger partial charge in [-0.05, 0) is 26.0 Å². The van der Waals surface area contributed by atoms with Crippen molar-refractivity contribution >= 4 is 49.2 Å². The van der Waals surface area contributed by atoms with Gasteiger partial charge < -0.3 is 5.11 Å². The zero-order valence-corrected chi connectivity index (χ0v) is 13.6. The largest absolute Gasteiger partial charge is 0.389 e. The zero-order valence-electron chi connectivity index (χ0n) is 9.67. The Labute approximate surface area is 124 Å². The molecular formula is C10H12BrCl2NO3S. The molecule has 0 unspecified atom stereocenters. The third-order valence-electron chi connectivity index (χ3n) is 1.93. The van der Waals surface area contributed by atoms with Crippen molar-refractivity contribution in [2.45, 2.75) is 24.3 Å². The summed E-state index contributed by atoms with van der Waals surface area (Å²) in [4.78, 5) is -0.196. The van der Waals surface area contributed by atoms with Gasteiger partial charge >= 0.3 is 0 Å². The van der Waals surface area contributed by atoms with E-state index in [1.807, 2.05) is 0 Å². The van der Waals surface area contributed by atoms with Gasteiger partial charge in [0.1, 0.15) is 4.90 Å². The predicted molar refractivity (Wildman–Crippen MR) is 75.6 cm³/mol. The van der Waals surface area contributed by atoms with Crippen LogP contribution in [0.1, 0.15) is 13.8 Å². The Bertz CT molecular complexity index is 532. The first kappa shape index (κ1) is 16.2. The number of nitrogens with one attached hydrogen (secondary N) is 1. The summed E-state index contributed by atoms with van der Waals surface area (Å²) in [5.74, 6) is 0. The molecule has 0 radical (unpaired) electrons. The first-order chi connectivity index (χ1) is 8.03. The fourth-order valence-corrected chi connectivity index (χ4v) is 4.27. The minimum atomic E-state index is -3.87. The number of aliphatic hydroxyl groups is 1. The van der Waals surface area contributed by atoms with E-state index in [4.69, 9.17) is 23.2 Å². The highest BCUT2D eigenvalue weighted by molar-refractivity contribution is 9.10. The van der Waals surface area contributed by atoms with Gasteiger partial charge in [-0.1, -0.05) is 39.1 Å². The molecule has 0 atom stereocenters. The maximum atomic E-state index is 12.0. The van der Waals surface area contributed by atoms with Crippen LogP contribution in [0.3, 0.4) is 0 Å². The lowest BCUT2D eigenvalue weighted by Gasteiger charge is -2.18. The molecule has 0 aliphatic heterocycles. The normalized spacial score (nSPS) is 12.8. The van der Waals surface area contributed by atoms with Gasteiger partial charge in [-0.3, -0.25) is 0 Å². The molecule has 0 aliphatic rings. The van der Waals surface area contributed by atoms with Gasteiger partial charge in [0.2, 0.25) is 10.0 Å². The molecule has 0 aliphatic carbocycles. The maximum absolute atomic E-state index is 12.0. The Balaban J connectivity index is 3.14. The standard InChI is InChI=1S/C10H12BrCl2NO3S/c1-10(2,15)5-14-18(16,17)9-7(12)3-6(11)4-8(9)13/h3-4,14-15H,5H2,1-2H3. The quantitative estimate of drug-likeness (QED) is 0.848. The van der Waals surface area contributed by atoms with Crippen molar-refractivity contribution in [1.82, 2.24) is 4.72 Å². The monoisotopic (exact) mass is 375 g/mol. The van der Waals surface area contributed by atoms with E-state index in [9.17, 15) is 13.5 Å². The summed E-state index contributed by atoms with van der Waals surface area (Å²) in [5.41, 5.74) is -1.17. The van der Waals surface area contributed by atoms with Gasteiger partial charge in [0, 0.05) is 11.0 Å². The van der Waals surface area contributed by atoms with Crippen LogP contribution in [-0.2, 0) is 10.0 Å². The Morgan fingerprint density at radius 1 is 1.33 bits per heavy atom. The molecule has 4 nitrogen and oxygen atoms in total. The van der Waals surface area contributed by atoms with Gasteiger partial charge in [0.05, 0.1) is 15.6 Å². The second-order valence-corrected chi connectivity index (χ2v) is 7.77. The fourth-order valence-electron chi connectivity index (χ4n) is 1.13. The molecule has 0 aromatic heterocycles. The Morgan fingerprint density at radius 3 is 2.17 bits per heavy atom. The fraction of sp³-hybridized carbons (Fsp3) is 0.400. The summed E-state index contributed by atoms with van der Waals surface area (Å²) in [6.45, 7) is 2.83. The molecule has 1 rings (SSSR count). The topological polar surface area (TPSA) is 66.4 Å². The van der Waals surface area contributed by atoms with E-state index in [0.717, 1.165) is 0 Å². The third-order valence-corrected chi connectivity index (χ3v) is 4.71. The average molecular weight is 377 g/mol. The van der Waals surface area contributed by atoms with E-state index < -0.39 is 15.6 Å². The van der Waals surface area contributed by atoms with Crippen LogP contribution in [-0.4, -0.2) is 25.7 Å². The highest BCUT2D eigenvalue weighted by atomic mass is 79.9. The maximum Gasteiger partial charge on any atom is 0.243 e. The lowest BCUT2D eigenvalue weighted by Crippen LogP contribution is -2.38. The molecule has 2 N–H and O–H groups in total. The summed E-state index contributed by atoms with van der Waals surface area (Å²) in [6, 6.07) is 2.87. The second-order valence-electron chi connectivity index (χ2n) is 4.34. The smallest absolute Gasteiger partial charge is 0.243 e. The second kappa shape index (κ2) is 5.64. The first-order valence-corrected chi connectivity index (χ1v) is 7.93. The summed E-state index contributed by atoms with van der Waals surface area (Å²) in [5, 5.41) is 9.53. The highest BCUT2D eigenvalue weighted by Crippen LogP contribution is 2.32. The Morgan fingerprint density at radius 2 is 1.78 bits per heavy atom. The van der Waals surface area contributed by atoms with Crippen LogP contribution in [0.4, 0.5) is 0 Å². The molecule has 0 saturated heterocycles. The molecule has 0 amide bonds. The zero-order chi connectivity index (χ0) is 14.1. The van der Waals surface area contributed by atoms with Crippen LogP contribution in [0.5, 0.6) is 0 Å². The van der Waals surface area contributed by atoms with E-state index in [1.165, 1.54) is 26.0 Å². The van der Waals surface area contributed by atoms with Crippen molar-refractivity contribution in [2.24, 2.45) is 0 Å². The average Bonchev–Trinajstić information content (AvgIpc) is 2.11. The molecule has 0 bridgehead atoms. The van der Waals surface area contributed by atoms with Crippen molar-refractivity contribution in [2.75, 3.05) is 6.54 Å². The van der Waals surface area contributed by atoms with E-state index in [-0.39, 0.29) is 21.5 Å². The number of rotatable bonds is 4. The highest BCUT2D eigenvalue weighted by Gasteiger charge is 2.24. The summed E-state index contributed by atoms with van der Waals surface area (Å²) < 4.78 is 26.9. The summed E-state index contributed by atoms with van der Waals surface area (Å²) >= 11 is 14.9. The number of halogens is 3. The minimum absolute atomic E-state index is 0.0117. The van der Waals surface area contributed by atoms with Gasteiger partial charge in [0.25, 0.3) is 0 Å². The molecule has 0 saturated carbocycles. The molecule has 0 heterocycles. The Hall–Kier alpha value is 0.150. The molecule has 0 fully saturated rings. The van der Waals surface area contributed by atoms with Gasteiger partial charge in [-0.15, -0.1) is 0 Å². The number of hydrogen-bond donors (Lipinski definition) is 2. The van der Waals surface area contributed by atoms with Crippen molar-refractivity contribution in [3.8, 4) is 0 Å². The van der Waals surface area contributed by atoms with Crippen LogP contribution >= 0.6 is 39.1 Å². The molecule has 1 aromatic rings. The molecule has 0 spiro atoms. The summed E-state index contributed by atoms with van der Waals surface area (Å²) in [7, 11) is -3.87. The molecule has 8 heteroatoms. The predicted octanol–water partition coefficient (Wildman–Crippen LogP) is 2.81. The van der Waals surface area contributed by atoms with E-state index in [1.54, 1.807) is 0 Å². The molecule has 18 heavy (non-hydrogen) atoms. The van der Waals surface area contributed by atoms with E-state index in [2.05, 4.69) is 20.7 Å². The van der Waals surface area contributed by atoms with Crippen LogP contribution in [0, 0.1) is 0 Å². The molecule has 1 aromatic carbocycles. The SMILES string of the molecule is CC(C)(O)CNS(=O)(=O)c1c(Cl)cc(Br)cc1Cl. The van der Waals surface area contributed by atoms with E-state index in [0.29, 0.717) is 4.47 Å². The van der Waals surface area contributed by atoms with Crippen molar-refractivity contribution < 1.29 is 13.5 Å². The Kier molecular flexibility index (Phi) is 5.08. The third kappa shape index (κ3) is 4.36. The summed E-state index contributed by atoms with van der Waals surface area (Å²) in [6.07, 6.45) is 0. The molecular weight excluding hydrogens is 365 g/mol. The van der Waals surface area contributed by atoms with Crippen molar-refractivity contribution in [3.63, 3.8) is 0 Å². The van der Waals surface area contributed by atoms with Gasteiger partial charge in [-0.2, -0.15) is 0 Å². The van der Waals surface area contributed by atoms with Crippen LogP contribution in [0.15, 0.2) is 21.5 Å². The van der Waals surface area contributed by atoms with Crippen molar-refractivity contribution in [3.05, 3.63) is 26.7 Å². The van der Waals surface area contributed by atoms with Gasteiger partial charge in [-0.25, -0.2) is 13.1 Å². The van der Waals surface area contributed by atoms with Crippen LogP contribution < -0.4 is 4.72 Å². The van der Waals surface area contributed by atoms with E-state index >= 15 is 0 Å². The number of sulfonamides is 1. The number of benzene rings is 1. The number of hydrogen-bond acceptors (Lipinski definition) is 3.